The van der Waals surface area contributed by atoms with Crippen molar-refractivity contribution in [3.63, 3.8) is 0 Å². The quantitative estimate of drug-likeness (QED) is 0.588. The van der Waals surface area contributed by atoms with Gasteiger partial charge in [0.25, 0.3) is 0 Å². The van der Waals surface area contributed by atoms with Crippen molar-refractivity contribution in [3.05, 3.63) is 77.9 Å². The molecule has 0 amide bonds. The van der Waals surface area contributed by atoms with Crippen LogP contribution in [0.2, 0.25) is 0 Å². The second kappa shape index (κ2) is 5.77. The second-order valence-corrected chi connectivity index (χ2v) is 4.73. The van der Waals surface area contributed by atoms with Gasteiger partial charge in [-0.2, -0.15) is 0 Å². The van der Waals surface area contributed by atoms with Crippen LogP contribution in [0.25, 0.3) is 10.8 Å². The van der Waals surface area contributed by atoms with E-state index in [0.29, 0.717) is 16.9 Å². The topological polar surface area (TPSA) is 46.5 Å². The van der Waals surface area contributed by atoms with Gasteiger partial charge in [0.1, 0.15) is 5.75 Å². The minimum Gasteiger partial charge on any atom is -0.422 e. The molecule has 0 aliphatic rings. The average molecular weight is 278 g/mol. The molecule has 0 atom stereocenters. The summed E-state index contributed by atoms with van der Waals surface area (Å²) in [4.78, 5) is 12.2. The number of hydrogen-bond acceptors (Lipinski definition) is 3. The summed E-state index contributed by atoms with van der Waals surface area (Å²) < 4.78 is 5.51. The number of benzene rings is 3. The fourth-order valence-electron chi connectivity index (χ4n) is 2.24. The lowest BCUT2D eigenvalue weighted by atomic mass is 10.1. The van der Waals surface area contributed by atoms with Crippen molar-refractivity contribution >= 4 is 16.7 Å². The fraction of sp³-hybridized carbons (Fsp3) is 0.0556. The van der Waals surface area contributed by atoms with E-state index in [1.165, 1.54) is 0 Å². The van der Waals surface area contributed by atoms with Crippen molar-refractivity contribution in [2.45, 2.75) is 6.61 Å². The SMILES string of the molecule is O=C(Oc1cc(CO)cc2ccccc12)c1ccccc1. The first-order valence-electron chi connectivity index (χ1n) is 6.67. The highest BCUT2D eigenvalue weighted by Crippen LogP contribution is 2.28. The Hall–Kier alpha value is -2.65. The standard InChI is InChI=1S/C18H14O3/c19-12-13-10-15-8-4-5-9-16(15)17(11-13)21-18(20)14-6-2-1-3-7-14/h1-11,19H,12H2. The highest BCUT2D eigenvalue weighted by atomic mass is 16.5. The van der Waals surface area contributed by atoms with Crippen molar-refractivity contribution in [1.29, 1.82) is 0 Å². The zero-order valence-corrected chi connectivity index (χ0v) is 11.3. The van der Waals surface area contributed by atoms with Crippen molar-refractivity contribution in [3.8, 4) is 5.75 Å². The summed E-state index contributed by atoms with van der Waals surface area (Å²) in [5, 5.41) is 11.1. The summed E-state index contributed by atoms with van der Waals surface area (Å²) >= 11 is 0. The van der Waals surface area contributed by atoms with E-state index < -0.39 is 5.97 Å². The van der Waals surface area contributed by atoms with Crippen LogP contribution in [-0.2, 0) is 6.61 Å². The van der Waals surface area contributed by atoms with Crippen molar-refractivity contribution in [2.24, 2.45) is 0 Å². The van der Waals surface area contributed by atoms with Crippen LogP contribution < -0.4 is 4.74 Å². The van der Waals surface area contributed by atoms with E-state index in [1.807, 2.05) is 36.4 Å². The Kier molecular flexibility index (Phi) is 3.67. The molecule has 3 aromatic rings. The molecule has 0 aliphatic heterocycles. The summed E-state index contributed by atoms with van der Waals surface area (Å²) in [6.45, 7) is -0.0965. The Bertz CT molecular complexity index is 779. The van der Waals surface area contributed by atoms with Gasteiger partial charge in [-0.3, -0.25) is 0 Å². The van der Waals surface area contributed by atoms with Crippen LogP contribution in [0.4, 0.5) is 0 Å². The molecule has 0 saturated heterocycles. The lowest BCUT2D eigenvalue weighted by Gasteiger charge is -2.10. The molecular weight excluding hydrogens is 264 g/mol. The van der Waals surface area contributed by atoms with E-state index in [-0.39, 0.29) is 6.61 Å². The fourth-order valence-corrected chi connectivity index (χ4v) is 2.24. The molecule has 0 unspecified atom stereocenters. The van der Waals surface area contributed by atoms with Crippen LogP contribution in [0.15, 0.2) is 66.7 Å². The number of aliphatic hydroxyl groups excluding tert-OH is 1. The molecule has 3 rings (SSSR count). The number of fused-ring (bicyclic) bond motifs is 1. The van der Waals surface area contributed by atoms with Crippen LogP contribution in [-0.4, -0.2) is 11.1 Å². The lowest BCUT2D eigenvalue weighted by molar-refractivity contribution is 0.0737. The largest absolute Gasteiger partial charge is 0.422 e. The maximum absolute atomic E-state index is 12.2. The van der Waals surface area contributed by atoms with E-state index >= 15 is 0 Å². The Balaban J connectivity index is 2.02. The number of carbonyl (C=O) groups is 1. The van der Waals surface area contributed by atoms with Gasteiger partial charge in [0.15, 0.2) is 0 Å². The van der Waals surface area contributed by atoms with Crippen LogP contribution in [0.1, 0.15) is 15.9 Å². The van der Waals surface area contributed by atoms with Gasteiger partial charge in [-0.15, -0.1) is 0 Å². The summed E-state index contributed by atoms with van der Waals surface area (Å²) in [6, 6.07) is 20.0. The first-order valence-corrected chi connectivity index (χ1v) is 6.67. The molecule has 0 aromatic heterocycles. The Morgan fingerprint density at radius 1 is 0.952 bits per heavy atom. The Morgan fingerprint density at radius 2 is 1.67 bits per heavy atom. The van der Waals surface area contributed by atoms with E-state index in [1.54, 1.807) is 30.3 Å². The molecule has 0 spiro atoms. The molecule has 3 heteroatoms. The molecule has 1 N–H and O–H groups in total. The van der Waals surface area contributed by atoms with Gasteiger partial charge in [-0.1, -0.05) is 42.5 Å². The number of carbonyl (C=O) groups excluding carboxylic acids is 1. The Morgan fingerprint density at radius 3 is 2.43 bits per heavy atom. The monoisotopic (exact) mass is 278 g/mol. The lowest BCUT2D eigenvalue weighted by Crippen LogP contribution is -2.08. The maximum atomic E-state index is 12.2. The Labute approximate surface area is 122 Å². The molecule has 0 saturated carbocycles. The van der Waals surface area contributed by atoms with Crippen LogP contribution in [0.5, 0.6) is 5.75 Å². The smallest absolute Gasteiger partial charge is 0.343 e. The number of aliphatic hydroxyl groups is 1. The molecule has 3 aromatic carbocycles. The van der Waals surface area contributed by atoms with Gasteiger partial charge in [-0.05, 0) is 35.2 Å². The van der Waals surface area contributed by atoms with Crippen molar-refractivity contribution < 1.29 is 14.6 Å². The van der Waals surface area contributed by atoms with Crippen LogP contribution >= 0.6 is 0 Å². The molecule has 0 fully saturated rings. The zero-order valence-electron chi connectivity index (χ0n) is 11.3. The van der Waals surface area contributed by atoms with Crippen LogP contribution in [0.3, 0.4) is 0 Å². The highest BCUT2D eigenvalue weighted by molar-refractivity contribution is 5.95. The van der Waals surface area contributed by atoms with Crippen molar-refractivity contribution in [2.75, 3.05) is 0 Å². The third-order valence-corrected chi connectivity index (χ3v) is 3.28. The van der Waals surface area contributed by atoms with Gasteiger partial charge in [0.05, 0.1) is 12.2 Å². The number of rotatable bonds is 3. The molecule has 0 aliphatic carbocycles. The van der Waals surface area contributed by atoms with E-state index in [0.717, 1.165) is 10.8 Å². The number of ether oxygens (including phenoxy) is 1. The number of hydrogen-bond donors (Lipinski definition) is 1. The molecule has 0 radical (unpaired) electrons. The third-order valence-electron chi connectivity index (χ3n) is 3.28. The van der Waals surface area contributed by atoms with E-state index in [4.69, 9.17) is 4.74 Å². The average Bonchev–Trinajstić information content (AvgIpc) is 2.55. The zero-order chi connectivity index (χ0) is 14.7. The van der Waals surface area contributed by atoms with Gasteiger partial charge in [0.2, 0.25) is 0 Å². The van der Waals surface area contributed by atoms with E-state index in [2.05, 4.69) is 0 Å². The molecule has 0 bridgehead atoms. The molecule has 21 heavy (non-hydrogen) atoms. The second-order valence-electron chi connectivity index (χ2n) is 4.73. The normalized spacial score (nSPS) is 10.5. The third kappa shape index (κ3) is 2.78. The van der Waals surface area contributed by atoms with Crippen molar-refractivity contribution in [1.82, 2.24) is 0 Å². The molecule has 3 nitrogen and oxygen atoms in total. The molecule has 104 valence electrons. The van der Waals surface area contributed by atoms with Crippen LogP contribution in [0, 0.1) is 0 Å². The van der Waals surface area contributed by atoms with Gasteiger partial charge in [0, 0.05) is 5.39 Å². The van der Waals surface area contributed by atoms with Gasteiger partial charge < -0.3 is 9.84 Å². The number of esters is 1. The summed E-state index contributed by atoms with van der Waals surface area (Å²) in [5.41, 5.74) is 1.21. The minimum absolute atomic E-state index is 0.0965. The predicted molar refractivity (Wildman–Crippen MR) is 81.3 cm³/mol. The highest BCUT2D eigenvalue weighted by Gasteiger charge is 2.11. The van der Waals surface area contributed by atoms with Gasteiger partial charge in [-0.25, -0.2) is 4.79 Å². The first kappa shape index (κ1) is 13.3. The minimum atomic E-state index is -0.407. The molecular formula is C18H14O3. The molecule has 0 heterocycles. The maximum Gasteiger partial charge on any atom is 0.343 e. The summed E-state index contributed by atoms with van der Waals surface area (Å²) in [6.07, 6.45) is 0. The summed E-state index contributed by atoms with van der Waals surface area (Å²) in [5.74, 6) is 0.0573. The van der Waals surface area contributed by atoms with Gasteiger partial charge >= 0.3 is 5.97 Å². The summed E-state index contributed by atoms with van der Waals surface area (Å²) in [7, 11) is 0. The van der Waals surface area contributed by atoms with E-state index in [9.17, 15) is 9.90 Å². The predicted octanol–water partition coefficient (Wildman–Crippen LogP) is 3.55. The first-order chi connectivity index (χ1) is 10.3.